The van der Waals surface area contributed by atoms with Crippen molar-refractivity contribution in [3.05, 3.63) is 54.1 Å². The standard InChI is InChI=1S/C21H23N3O2/c1-4-15(3)26-19(25)13-22-21-23-18-11-10-14(2)12-17(18)20(24-21)16-8-6-5-7-9-16/h5-12,15H,4,13H2,1-3H3,(H,22,23,24)/t15-/m0/s1. The largest absolute Gasteiger partial charge is 0.461 e. The molecular formula is C21H23N3O2. The summed E-state index contributed by atoms with van der Waals surface area (Å²) in [5.41, 5.74) is 3.84. The van der Waals surface area contributed by atoms with Crippen LogP contribution in [0.5, 0.6) is 0 Å². The fraction of sp³-hybridized carbons (Fsp3) is 0.286. The summed E-state index contributed by atoms with van der Waals surface area (Å²) in [6.07, 6.45) is 0.695. The number of rotatable bonds is 6. The van der Waals surface area contributed by atoms with Crippen molar-refractivity contribution in [3.63, 3.8) is 0 Å². The second-order valence-electron chi connectivity index (χ2n) is 6.34. The Labute approximate surface area is 153 Å². The molecular weight excluding hydrogens is 326 g/mol. The van der Waals surface area contributed by atoms with Gasteiger partial charge in [0.2, 0.25) is 5.95 Å². The topological polar surface area (TPSA) is 64.1 Å². The number of aromatic nitrogens is 2. The first-order valence-electron chi connectivity index (χ1n) is 8.84. The maximum absolute atomic E-state index is 11.9. The molecule has 0 unspecified atom stereocenters. The van der Waals surface area contributed by atoms with Crippen molar-refractivity contribution in [2.75, 3.05) is 11.9 Å². The Hall–Kier alpha value is -2.95. The van der Waals surface area contributed by atoms with Gasteiger partial charge >= 0.3 is 5.97 Å². The van der Waals surface area contributed by atoms with Crippen LogP contribution in [0.15, 0.2) is 48.5 Å². The van der Waals surface area contributed by atoms with Gasteiger partial charge in [-0.3, -0.25) is 4.79 Å². The van der Waals surface area contributed by atoms with E-state index in [1.54, 1.807) is 0 Å². The highest BCUT2D eigenvalue weighted by atomic mass is 16.5. The highest BCUT2D eigenvalue weighted by molar-refractivity contribution is 5.93. The molecule has 134 valence electrons. The fourth-order valence-electron chi connectivity index (χ4n) is 2.64. The number of nitrogens with one attached hydrogen (secondary N) is 1. The molecule has 3 aromatic rings. The lowest BCUT2D eigenvalue weighted by molar-refractivity contribution is -0.146. The van der Waals surface area contributed by atoms with Gasteiger partial charge in [0.15, 0.2) is 0 Å². The predicted octanol–water partition coefficient (Wildman–Crippen LogP) is 4.36. The second-order valence-corrected chi connectivity index (χ2v) is 6.34. The van der Waals surface area contributed by atoms with Gasteiger partial charge in [0, 0.05) is 10.9 Å². The van der Waals surface area contributed by atoms with Gasteiger partial charge in [-0.05, 0) is 32.4 Å². The van der Waals surface area contributed by atoms with E-state index in [0.29, 0.717) is 5.95 Å². The first-order valence-corrected chi connectivity index (χ1v) is 8.84. The lowest BCUT2D eigenvalue weighted by Crippen LogP contribution is -2.22. The zero-order valence-corrected chi connectivity index (χ0v) is 15.3. The maximum Gasteiger partial charge on any atom is 0.325 e. The van der Waals surface area contributed by atoms with E-state index < -0.39 is 0 Å². The van der Waals surface area contributed by atoms with Gasteiger partial charge < -0.3 is 10.1 Å². The lowest BCUT2D eigenvalue weighted by atomic mass is 10.0. The highest BCUT2D eigenvalue weighted by Crippen LogP contribution is 2.27. The van der Waals surface area contributed by atoms with Gasteiger partial charge in [0.05, 0.1) is 17.3 Å². The van der Waals surface area contributed by atoms with Crippen LogP contribution < -0.4 is 5.32 Å². The summed E-state index contributed by atoms with van der Waals surface area (Å²) in [6.45, 7) is 5.94. The van der Waals surface area contributed by atoms with Crippen LogP contribution >= 0.6 is 0 Å². The van der Waals surface area contributed by atoms with Crippen molar-refractivity contribution in [2.45, 2.75) is 33.3 Å². The van der Waals surface area contributed by atoms with Crippen LogP contribution in [0.25, 0.3) is 22.2 Å². The minimum atomic E-state index is -0.312. The van der Waals surface area contributed by atoms with Gasteiger partial charge in [-0.1, -0.05) is 48.9 Å². The van der Waals surface area contributed by atoms with Crippen molar-refractivity contribution >= 4 is 22.8 Å². The van der Waals surface area contributed by atoms with Crippen LogP contribution in [0.2, 0.25) is 0 Å². The Bertz CT molecular complexity index is 910. The third kappa shape index (κ3) is 4.17. The summed E-state index contributed by atoms with van der Waals surface area (Å²) < 4.78 is 5.28. The number of fused-ring (bicyclic) bond motifs is 1. The first kappa shape index (κ1) is 17.9. The van der Waals surface area contributed by atoms with Crippen LogP contribution in [0.4, 0.5) is 5.95 Å². The summed E-state index contributed by atoms with van der Waals surface area (Å²) in [6, 6.07) is 16.1. The number of aryl methyl sites for hydroxylation is 1. The van der Waals surface area contributed by atoms with E-state index in [4.69, 9.17) is 4.74 Å². The molecule has 0 saturated carbocycles. The van der Waals surface area contributed by atoms with Crippen molar-refractivity contribution in [1.82, 2.24) is 9.97 Å². The van der Waals surface area contributed by atoms with E-state index in [-0.39, 0.29) is 18.6 Å². The zero-order chi connectivity index (χ0) is 18.5. The molecule has 0 aliphatic carbocycles. The van der Waals surface area contributed by atoms with Crippen LogP contribution in [0.3, 0.4) is 0 Å². The second kappa shape index (κ2) is 7.95. The molecule has 1 N–H and O–H groups in total. The van der Waals surface area contributed by atoms with Gasteiger partial charge in [-0.25, -0.2) is 9.97 Å². The van der Waals surface area contributed by atoms with Gasteiger partial charge in [-0.15, -0.1) is 0 Å². The van der Waals surface area contributed by atoms with E-state index in [1.807, 2.05) is 63.2 Å². The molecule has 5 nitrogen and oxygen atoms in total. The Balaban J connectivity index is 1.92. The molecule has 2 aromatic carbocycles. The molecule has 0 aliphatic rings. The SMILES string of the molecule is CC[C@H](C)OC(=O)CNc1nc(-c2ccccc2)c2cc(C)ccc2n1. The van der Waals surface area contributed by atoms with Crippen LogP contribution in [0.1, 0.15) is 25.8 Å². The highest BCUT2D eigenvalue weighted by Gasteiger charge is 2.12. The molecule has 0 saturated heterocycles. The summed E-state index contributed by atoms with van der Waals surface area (Å²) in [5, 5.41) is 3.98. The molecule has 26 heavy (non-hydrogen) atoms. The molecule has 1 atom stereocenters. The number of nitrogens with zero attached hydrogens (tertiary/aromatic N) is 2. The van der Waals surface area contributed by atoms with Crippen molar-refractivity contribution in [1.29, 1.82) is 0 Å². The molecule has 0 amide bonds. The number of ether oxygens (including phenoxy) is 1. The maximum atomic E-state index is 11.9. The van der Waals surface area contributed by atoms with Gasteiger partial charge in [-0.2, -0.15) is 0 Å². The quantitative estimate of drug-likeness (QED) is 0.670. The molecule has 1 aromatic heterocycles. The normalized spacial score (nSPS) is 12.0. The minimum absolute atomic E-state index is 0.0376. The Morgan fingerprint density at radius 2 is 1.92 bits per heavy atom. The van der Waals surface area contributed by atoms with E-state index in [1.165, 1.54) is 0 Å². The Kier molecular flexibility index (Phi) is 5.46. The molecule has 3 rings (SSSR count). The molecule has 0 fully saturated rings. The van der Waals surface area contributed by atoms with E-state index in [9.17, 15) is 4.79 Å². The molecule has 0 bridgehead atoms. The van der Waals surface area contributed by atoms with E-state index in [0.717, 1.165) is 34.1 Å². The Morgan fingerprint density at radius 3 is 2.65 bits per heavy atom. The van der Waals surface area contributed by atoms with Crippen LogP contribution in [-0.2, 0) is 9.53 Å². The van der Waals surface area contributed by atoms with E-state index >= 15 is 0 Å². The van der Waals surface area contributed by atoms with Crippen LogP contribution in [0, 0.1) is 6.92 Å². The van der Waals surface area contributed by atoms with Crippen molar-refractivity contribution in [3.8, 4) is 11.3 Å². The minimum Gasteiger partial charge on any atom is -0.461 e. The third-order valence-corrected chi connectivity index (χ3v) is 4.20. The summed E-state index contributed by atoms with van der Waals surface area (Å²) in [5.74, 6) is 0.106. The Morgan fingerprint density at radius 1 is 1.15 bits per heavy atom. The van der Waals surface area contributed by atoms with Crippen molar-refractivity contribution in [2.24, 2.45) is 0 Å². The number of carbonyl (C=O) groups excluding carboxylic acids is 1. The third-order valence-electron chi connectivity index (χ3n) is 4.20. The average Bonchev–Trinajstić information content (AvgIpc) is 2.66. The average molecular weight is 349 g/mol. The smallest absolute Gasteiger partial charge is 0.325 e. The molecule has 0 spiro atoms. The van der Waals surface area contributed by atoms with Crippen molar-refractivity contribution < 1.29 is 9.53 Å². The molecule has 5 heteroatoms. The summed E-state index contributed by atoms with van der Waals surface area (Å²) in [4.78, 5) is 21.1. The summed E-state index contributed by atoms with van der Waals surface area (Å²) >= 11 is 0. The molecule has 0 aliphatic heterocycles. The predicted molar refractivity (Wildman–Crippen MR) is 104 cm³/mol. The van der Waals surface area contributed by atoms with E-state index in [2.05, 4.69) is 21.4 Å². The number of hydrogen-bond donors (Lipinski definition) is 1. The van der Waals surface area contributed by atoms with Crippen LogP contribution in [-0.4, -0.2) is 28.6 Å². The molecule has 1 heterocycles. The number of benzene rings is 2. The summed E-state index contributed by atoms with van der Waals surface area (Å²) in [7, 11) is 0. The fourth-order valence-corrected chi connectivity index (χ4v) is 2.64. The zero-order valence-electron chi connectivity index (χ0n) is 15.3. The molecule has 0 radical (unpaired) electrons. The number of anilines is 1. The number of esters is 1. The first-order chi connectivity index (χ1) is 12.6. The van der Waals surface area contributed by atoms with Gasteiger partial charge in [0.1, 0.15) is 6.54 Å². The monoisotopic (exact) mass is 349 g/mol. The number of hydrogen-bond acceptors (Lipinski definition) is 5. The van der Waals surface area contributed by atoms with Gasteiger partial charge in [0.25, 0.3) is 0 Å². The lowest BCUT2D eigenvalue weighted by Gasteiger charge is -2.13. The number of carbonyl (C=O) groups is 1.